The van der Waals surface area contributed by atoms with Crippen LogP contribution in [0.4, 0.5) is 4.79 Å². The molecule has 16 heavy (non-hydrogen) atoms. The number of methoxy groups -OCH3 is 2. The molecule has 0 unspecified atom stereocenters. The Balaban J connectivity index is 4.12. The minimum Gasteiger partial charge on any atom is -0.469 e. The molecule has 6 heteroatoms. The zero-order valence-corrected chi connectivity index (χ0v) is 10.3. The Morgan fingerprint density at radius 3 is 2.19 bits per heavy atom. The Bertz CT molecular complexity index is 246. The van der Waals surface area contributed by atoms with Gasteiger partial charge in [0.25, 0.3) is 0 Å². The Hall–Kier alpha value is -1.30. The van der Waals surface area contributed by atoms with E-state index in [2.05, 4.69) is 10.1 Å². The third-order valence-electron chi connectivity index (χ3n) is 1.54. The summed E-state index contributed by atoms with van der Waals surface area (Å²) in [6.07, 6.45) is -1.45. The largest absolute Gasteiger partial charge is 0.469 e. The smallest absolute Gasteiger partial charge is 0.409 e. The Kier molecular flexibility index (Phi) is 5.81. The summed E-state index contributed by atoms with van der Waals surface area (Å²) in [7, 11) is 2.65. The highest BCUT2D eigenvalue weighted by atomic mass is 16.6. The van der Waals surface area contributed by atoms with Crippen molar-refractivity contribution in [1.82, 2.24) is 5.32 Å². The van der Waals surface area contributed by atoms with Crippen molar-refractivity contribution in [2.45, 2.75) is 39.0 Å². The maximum absolute atomic E-state index is 11.3. The van der Waals surface area contributed by atoms with Gasteiger partial charge in [-0.25, -0.2) is 4.79 Å². The molecule has 0 aliphatic rings. The summed E-state index contributed by atoms with van der Waals surface area (Å²) < 4.78 is 14.4. The van der Waals surface area contributed by atoms with Gasteiger partial charge in [0.05, 0.1) is 13.5 Å². The van der Waals surface area contributed by atoms with Crippen LogP contribution >= 0.6 is 0 Å². The van der Waals surface area contributed by atoms with Gasteiger partial charge in [-0.1, -0.05) is 0 Å². The standard InChI is InChI=1S/C10H19NO5/c1-10(2,3)16-9(13)11-7(14-4)6-8(12)15-5/h7H,6H2,1-5H3,(H,11,13)/t7-/m1/s1. The highest BCUT2D eigenvalue weighted by Gasteiger charge is 2.21. The van der Waals surface area contributed by atoms with Crippen molar-refractivity contribution in [3.63, 3.8) is 0 Å². The molecule has 6 nitrogen and oxygen atoms in total. The van der Waals surface area contributed by atoms with Gasteiger partial charge in [0.2, 0.25) is 0 Å². The van der Waals surface area contributed by atoms with Gasteiger partial charge in [-0.15, -0.1) is 0 Å². The molecule has 0 aromatic carbocycles. The van der Waals surface area contributed by atoms with E-state index in [9.17, 15) is 9.59 Å². The van der Waals surface area contributed by atoms with Crippen LogP contribution in [0.3, 0.4) is 0 Å². The van der Waals surface area contributed by atoms with Gasteiger partial charge in [0, 0.05) is 7.11 Å². The molecule has 0 saturated heterocycles. The van der Waals surface area contributed by atoms with Gasteiger partial charge in [0.15, 0.2) is 0 Å². The van der Waals surface area contributed by atoms with Gasteiger partial charge in [-0.05, 0) is 20.8 Å². The van der Waals surface area contributed by atoms with Crippen LogP contribution in [0.15, 0.2) is 0 Å². The molecule has 0 saturated carbocycles. The van der Waals surface area contributed by atoms with Crippen molar-refractivity contribution in [1.29, 1.82) is 0 Å². The number of nitrogens with one attached hydrogen (secondary N) is 1. The highest BCUT2D eigenvalue weighted by Crippen LogP contribution is 2.07. The average molecular weight is 233 g/mol. The molecule has 0 aliphatic heterocycles. The van der Waals surface area contributed by atoms with Gasteiger partial charge in [-0.3, -0.25) is 10.1 Å². The maximum Gasteiger partial charge on any atom is 0.409 e. The van der Waals surface area contributed by atoms with Crippen molar-refractivity contribution in [2.75, 3.05) is 14.2 Å². The van der Waals surface area contributed by atoms with Crippen LogP contribution in [-0.4, -0.2) is 38.1 Å². The first-order chi connectivity index (χ1) is 7.28. The lowest BCUT2D eigenvalue weighted by atomic mass is 10.2. The molecule has 0 radical (unpaired) electrons. The van der Waals surface area contributed by atoms with Crippen molar-refractivity contribution in [3.05, 3.63) is 0 Å². The summed E-state index contributed by atoms with van der Waals surface area (Å²) in [5, 5.41) is 2.40. The fourth-order valence-corrected chi connectivity index (χ4v) is 0.867. The second kappa shape index (κ2) is 6.32. The highest BCUT2D eigenvalue weighted by molar-refractivity contribution is 5.72. The summed E-state index contributed by atoms with van der Waals surface area (Å²) in [5.41, 5.74) is -0.590. The van der Waals surface area contributed by atoms with E-state index in [0.717, 1.165) is 0 Å². The Labute approximate surface area is 95.2 Å². The Morgan fingerprint density at radius 1 is 1.25 bits per heavy atom. The zero-order chi connectivity index (χ0) is 12.8. The lowest BCUT2D eigenvalue weighted by Gasteiger charge is -2.22. The van der Waals surface area contributed by atoms with Crippen molar-refractivity contribution < 1.29 is 23.8 Å². The number of esters is 1. The molecule has 1 atom stereocenters. The van der Waals surface area contributed by atoms with Crippen molar-refractivity contribution in [3.8, 4) is 0 Å². The molecule has 1 amide bonds. The van der Waals surface area contributed by atoms with Crippen LogP contribution in [-0.2, 0) is 19.0 Å². The molecular weight excluding hydrogens is 214 g/mol. The zero-order valence-electron chi connectivity index (χ0n) is 10.3. The first-order valence-electron chi connectivity index (χ1n) is 4.87. The molecule has 0 fully saturated rings. The normalized spacial score (nSPS) is 12.8. The van der Waals surface area contributed by atoms with E-state index < -0.39 is 23.9 Å². The molecule has 94 valence electrons. The second-order valence-corrected chi connectivity index (χ2v) is 4.15. The molecule has 0 bridgehead atoms. The summed E-state index contributed by atoms with van der Waals surface area (Å²) in [5.74, 6) is -0.470. The fraction of sp³-hybridized carbons (Fsp3) is 0.800. The van der Waals surface area contributed by atoms with Crippen LogP contribution in [0.25, 0.3) is 0 Å². The molecule has 0 spiro atoms. The van der Waals surface area contributed by atoms with Gasteiger partial charge in [0.1, 0.15) is 11.8 Å². The van der Waals surface area contributed by atoms with E-state index >= 15 is 0 Å². The van der Waals surface area contributed by atoms with Crippen molar-refractivity contribution >= 4 is 12.1 Å². The van der Waals surface area contributed by atoms with Gasteiger partial charge >= 0.3 is 12.1 Å². The Morgan fingerprint density at radius 2 is 1.81 bits per heavy atom. The van der Waals surface area contributed by atoms with E-state index in [0.29, 0.717) is 0 Å². The minimum atomic E-state index is -0.748. The van der Waals surface area contributed by atoms with E-state index in [1.165, 1.54) is 14.2 Å². The van der Waals surface area contributed by atoms with Crippen LogP contribution < -0.4 is 5.32 Å². The third kappa shape index (κ3) is 7.05. The predicted molar refractivity (Wildman–Crippen MR) is 56.8 cm³/mol. The lowest BCUT2D eigenvalue weighted by molar-refractivity contribution is -0.143. The third-order valence-corrected chi connectivity index (χ3v) is 1.54. The molecular formula is C10H19NO5. The monoisotopic (exact) mass is 233 g/mol. The number of carbonyl (C=O) groups is 2. The molecule has 0 heterocycles. The van der Waals surface area contributed by atoms with E-state index in [1.54, 1.807) is 20.8 Å². The maximum atomic E-state index is 11.3. The van der Waals surface area contributed by atoms with E-state index in [4.69, 9.17) is 9.47 Å². The predicted octanol–water partition coefficient (Wildman–Crippen LogP) is 1.05. The minimum absolute atomic E-state index is 0.0633. The second-order valence-electron chi connectivity index (χ2n) is 4.15. The summed E-state index contributed by atoms with van der Waals surface area (Å²) in [4.78, 5) is 22.3. The van der Waals surface area contributed by atoms with Crippen LogP contribution in [0.1, 0.15) is 27.2 Å². The molecule has 1 N–H and O–H groups in total. The van der Waals surface area contributed by atoms with Crippen molar-refractivity contribution in [2.24, 2.45) is 0 Å². The van der Waals surface area contributed by atoms with Crippen LogP contribution in [0, 0.1) is 0 Å². The van der Waals surface area contributed by atoms with Crippen LogP contribution in [0.5, 0.6) is 0 Å². The topological polar surface area (TPSA) is 73.9 Å². The molecule has 0 aromatic rings. The molecule has 0 rings (SSSR count). The molecule has 0 aliphatic carbocycles. The fourth-order valence-electron chi connectivity index (χ4n) is 0.867. The van der Waals surface area contributed by atoms with Gasteiger partial charge in [-0.2, -0.15) is 0 Å². The summed E-state index contributed by atoms with van der Waals surface area (Å²) in [6, 6.07) is 0. The summed E-state index contributed by atoms with van der Waals surface area (Å²) >= 11 is 0. The van der Waals surface area contributed by atoms with E-state index in [-0.39, 0.29) is 6.42 Å². The summed E-state index contributed by atoms with van der Waals surface area (Å²) in [6.45, 7) is 5.23. The van der Waals surface area contributed by atoms with E-state index in [1.807, 2.05) is 0 Å². The van der Waals surface area contributed by atoms with Gasteiger partial charge < -0.3 is 14.2 Å². The van der Waals surface area contributed by atoms with Crippen LogP contribution in [0.2, 0.25) is 0 Å². The quantitative estimate of drug-likeness (QED) is 0.580. The number of hydrogen-bond acceptors (Lipinski definition) is 5. The molecule has 0 aromatic heterocycles. The average Bonchev–Trinajstić information content (AvgIpc) is 2.13. The number of amides is 1. The number of hydrogen-bond donors (Lipinski definition) is 1. The number of rotatable bonds is 4. The lowest BCUT2D eigenvalue weighted by Crippen LogP contribution is -2.41. The number of alkyl carbamates (subject to hydrolysis) is 1. The number of ether oxygens (including phenoxy) is 3. The first kappa shape index (κ1) is 14.7. The number of carbonyl (C=O) groups excluding carboxylic acids is 2. The SMILES string of the molecule is COC(=O)C[C@H](NC(=O)OC(C)(C)C)OC. The first-order valence-corrected chi connectivity index (χ1v) is 4.87.